The summed E-state index contributed by atoms with van der Waals surface area (Å²) in [4.78, 5) is 4.28. The number of hydrogen-bond acceptors (Lipinski definition) is 2. The molecule has 0 spiro atoms. The molecular weight excluding hydrogens is 244 g/mol. The van der Waals surface area contributed by atoms with Gasteiger partial charge in [-0.25, -0.2) is 0 Å². The molecule has 2 heteroatoms. The molecule has 0 aliphatic carbocycles. The van der Waals surface area contributed by atoms with E-state index in [1.54, 1.807) is 0 Å². The van der Waals surface area contributed by atoms with Crippen molar-refractivity contribution >= 4 is 11.4 Å². The Labute approximate surface area is 122 Å². The van der Waals surface area contributed by atoms with Crippen molar-refractivity contribution in [1.82, 2.24) is 0 Å². The van der Waals surface area contributed by atoms with Crippen molar-refractivity contribution < 1.29 is 0 Å². The molecule has 0 amide bonds. The number of nitrogens with zero attached hydrogens (tertiary/aromatic N) is 2. The van der Waals surface area contributed by atoms with Crippen molar-refractivity contribution in [2.45, 2.75) is 13.8 Å². The van der Waals surface area contributed by atoms with Crippen LogP contribution in [0.15, 0.2) is 36.4 Å². The highest BCUT2D eigenvalue weighted by Crippen LogP contribution is 2.31. The number of hydrogen-bond donors (Lipinski definition) is 0. The highest BCUT2D eigenvalue weighted by molar-refractivity contribution is 5.74. The molecule has 106 valence electrons. The van der Waals surface area contributed by atoms with Gasteiger partial charge in [-0.2, -0.15) is 0 Å². The van der Waals surface area contributed by atoms with Crippen LogP contribution in [-0.4, -0.2) is 28.2 Å². The first kappa shape index (κ1) is 14.4. The standard InChI is InChI=1S/C18H24N2/c1-13-11-15(19(3)4)7-9-17(13)18-10-8-16(20(5)6)12-14(18)2/h7-12H,1-6H3. The van der Waals surface area contributed by atoms with Gasteiger partial charge in [-0.15, -0.1) is 0 Å². The van der Waals surface area contributed by atoms with E-state index in [1.165, 1.54) is 33.6 Å². The van der Waals surface area contributed by atoms with Gasteiger partial charge in [-0.05, 0) is 60.4 Å². The van der Waals surface area contributed by atoms with E-state index >= 15 is 0 Å². The van der Waals surface area contributed by atoms with E-state index in [-0.39, 0.29) is 0 Å². The largest absolute Gasteiger partial charge is 0.378 e. The van der Waals surface area contributed by atoms with Crippen LogP contribution in [-0.2, 0) is 0 Å². The summed E-state index contributed by atoms with van der Waals surface area (Å²) >= 11 is 0. The van der Waals surface area contributed by atoms with Gasteiger partial charge in [0, 0.05) is 39.6 Å². The molecule has 0 aliphatic rings. The van der Waals surface area contributed by atoms with Crippen LogP contribution in [0.4, 0.5) is 11.4 Å². The third-order valence-corrected chi connectivity index (χ3v) is 3.74. The van der Waals surface area contributed by atoms with Gasteiger partial charge in [0.2, 0.25) is 0 Å². The predicted molar refractivity (Wildman–Crippen MR) is 90.0 cm³/mol. The number of anilines is 2. The van der Waals surface area contributed by atoms with E-state index in [0.717, 1.165) is 0 Å². The Bertz CT molecular complexity index is 557. The number of aryl methyl sites for hydroxylation is 2. The van der Waals surface area contributed by atoms with Crippen LogP contribution in [0, 0.1) is 13.8 Å². The van der Waals surface area contributed by atoms with E-state index in [2.05, 4.69) is 88.2 Å². The number of rotatable bonds is 3. The highest BCUT2D eigenvalue weighted by atomic mass is 15.1. The summed E-state index contributed by atoms with van der Waals surface area (Å²) in [6, 6.07) is 13.3. The monoisotopic (exact) mass is 268 g/mol. The summed E-state index contributed by atoms with van der Waals surface area (Å²) in [5.41, 5.74) is 7.76. The summed E-state index contributed by atoms with van der Waals surface area (Å²) in [6.07, 6.45) is 0. The molecule has 2 nitrogen and oxygen atoms in total. The van der Waals surface area contributed by atoms with E-state index in [4.69, 9.17) is 0 Å². The lowest BCUT2D eigenvalue weighted by atomic mass is 9.95. The van der Waals surface area contributed by atoms with E-state index in [1.807, 2.05) is 0 Å². The molecular formula is C18H24N2. The van der Waals surface area contributed by atoms with Gasteiger partial charge < -0.3 is 9.80 Å². The molecule has 0 fully saturated rings. The minimum Gasteiger partial charge on any atom is -0.378 e. The second-order valence-electron chi connectivity index (χ2n) is 5.79. The minimum absolute atomic E-state index is 1.24. The molecule has 0 bridgehead atoms. The fraction of sp³-hybridized carbons (Fsp3) is 0.333. The molecule has 2 aromatic rings. The first-order chi connectivity index (χ1) is 9.40. The summed E-state index contributed by atoms with van der Waals surface area (Å²) < 4.78 is 0. The maximum atomic E-state index is 2.24. The fourth-order valence-corrected chi connectivity index (χ4v) is 2.46. The zero-order valence-corrected chi connectivity index (χ0v) is 13.4. The van der Waals surface area contributed by atoms with E-state index in [0.29, 0.717) is 0 Å². The first-order valence-electron chi connectivity index (χ1n) is 6.96. The molecule has 20 heavy (non-hydrogen) atoms. The average molecular weight is 268 g/mol. The lowest BCUT2D eigenvalue weighted by Gasteiger charge is -2.18. The highest BCUT2D eigenvalue weighted by Gasteiger charge is 2.08. The van der Waals surface area contributed by atoms with E-state index in [9.17, 15) is 0 Å². The molecule has 0 saturated carbocycles. The van der Waals surface area contributed by atoms with Gasteiger partial charge in [0.25, 0.3) is 0 Å². The van der Waals surface area contributed by atoms with Gasteiger partial charge in [-0.1, -0.05) is 12.1 Å². The molecule has 0 aliphatic heterocycles. The summed E-state index contributed by atoms with van der Waals surface area (Å²) in [7, 11) is 8.30. The van der Waals surface area contributed by atoms with Crippen molar-refractivity contribution in [2.75, 3.05) is 38.0 Å². The zero-order valence-electron chi connectivity index (χ0n) is 13.4. The van der Waals surface area contributed by atoms with Crippen LogP contribution in [0.3, 0.4) is 0 Å². The predicted octanol–water partition coefficient (Wildman–Crippen LogP) is 4.10. The molecule has 0 heterocycles. The van der Waals surface area contributed by atoms with Crippen LogP contribution in [0.5, 0.6) is 0 Å². The number of benzene rings is 2. The molecule has 0 unspecified atom stereocenters. The minimum atomic E-state index is 1.24. The van der Waals surface area contributed by atoms with Crippen molar-refractivity contribution in [1.29, 1.82) is 0 Å². The average Bonchev–Trinajstić information content (AvgIpc) is 2.38. The van der Waals surface area contributed by atoms with Crippen LogP contribution in [0.2, 0.25) is 0 Å². The van der Waals surface area contributed by atoms with Crippen molar-refractivity contribution in [3.63, 3.8) is 0 Å². The lowest BCUT2D eigenvalue weighted by molar-refractivity contribution is 1.12. The molecule has 0 radical (unpaired) electrons. The van der Waals surface area contributed by atoms with Crippen LogP contribution in [0.1, 0.15) is 11.1 Å². The van der Waals surface area contributed by atoms with Crippen molar-refractivity contribution in [3.8, 4) is 11.1 Å². The quantitative estimate of drug-likeness (QED) is 0.827. The first-order valence-corrected chi connectivity index (χ1v) is 6.96. The van der Waals surface area contributed by atoms with Gasteiger partial charge in [-0.3, -0.25) is 0 Å². The Morgan fingerprint density at radius 3 is 1.20 bits per heavy atom. The summed E-state index contributed by atoms with van der Waals surface area (Å²) in [5.74, 6) is 0. The van der Waals surface area contributed by atoms with Gasteiger partial charge in [0.05, 0.1) is 0 Å². The van der Waals surface area contributed by atoms with Gasteiger partial charge >= 0.3 is 0 Å². The second kappa shape index (κ2) is 5.58. The Kier molecular flexibility index (Phi) is 4.03. The zero-order chi connectivity index (χ0) is 14.9. The van der Waals surface area contributed by atoms with Crippen molar-refractivity contribution in [3.05, 3.63) is 47.5 Å². The fourth-order valence-electron chi connectivity index (χ4n) is 2.46. The maximum Gasteiger partial charge on any atom is 0.0364 e. The molecule has 2 aromatic carbocycles. The molecule has 0 saturated heterocycles. The second-order valence-corrected chi connectivity index (χ2v) is 5.79. The smallest absolute Gasteiger partial charge is 0.0364 e. The van der Waals surface area contributed by atoms with Crippen molar-refractivity contribution in [2.24, 2.45) is 0 Å². The third kappa shape index (κ3) is 2.79. The molecule has 0 atom stereocenters. The topological polar surface area (TPSA) is 6.48 Å². The lowest BCUT2D eigenvalue weighted by Crippen LogP contribution is -2.09. The normalized spacial score (nSPS) is 10.5. The summed E-state index contributed by atoms with van der Waals surface area (Å²) in [6.45, 7) is 4.36. The van der Waals surface area contributed by atoms with E-state index < -0.39 is 0 Å². The van der Waals surface area contributed by atoms with Gasteiger partial charge in [0.15, 0.2) is 0 Å². The Morgan fingerprint density at radius 1 is 0.600 bits per heavy atom. The SMILES string of the molecule is Cc1cc(N(C)C)ccc1-c1ccc(N(C)C)cc1C. The molecule has 0 N–H and O–H groups in total. The van der Waals surface area contributed by atoms with Gasteiger partial charge in [0.1, 0.15) is 0 Å². The third-order valence-electron chi connectivity index (χ3n) is 3.74. The van der Waals surface area contributed by atoms with Crippen LogP contribution in [0.25, 0.3) is 11.1 Å². The van der Waals surface area contributed by atoms with Crippen LogP contribution < -0.4 is 9.80 Å². The Morgan fingerprint density at radius 2 is 0.950 bits per heavy atom. The Balaban J connectivity index is 2.46. The molecule has 2 rings (SSSR count). The molecule has 0 aromatic heterocycles. The Hall–Kier alpha value is -1.96. The maximum absolute atomic E-state index is 2.24. The van der Waals surface area contributed by atoms with Crippen LogP contribution >= 0.6 is 0 Å². The summed E-state index contributed by atoms with van der Waals surface area (Å²) in [5, 5.41) is 0.